The zero-order valence-electron chi connectivity index (χ0n) is 21.4. The van der Waals surface area contributed by atoms with Crippen molar-refractivity contribution < 1.29 is 64.4 Å². The van der Waals surface area contributed by atoms with Gasteiger partial charge in [0.25, 0.3) is 0 Å². The predicted molar refractivity (Wildman–Crippen MR) is 123 cm³/mol. The van der Waals surface area contributed by atoms with Gasteiger partial charge < -0.3 is 29.0 Å². The topological polar surface area (TPSA) is 94.5 Å². The number of benzene rings is 1. The lowest BCUT2D eigenvalue weighted by Crippen LogP contribution is -2.51. The second kappa shape index (κ2) is 15.7. The number of aliphatic carboxylic acids is 1. The number of alkyl halides is 7. The zero-order chi connectivity index (χ0) is 29.7. The van der Waals surface area contributed by atoms with E-state index in [0.29, 0.717) is 11.3 Å². The first-order chi connectivity index (χ1) is 18.2. The molecule has 0 aliphatic carbocycles. The Labute approximate surface area is 220 Å². The molecule has 0 bridgehead atoms. The molecule has 0 fully saturated rings. The number of halogens is 7. The number of methoxy groups -OCH3 is 1. The molecule has 1 rings (SSSR count). The van der Waals surface area contributed by atoms with E-state index in [9.17, 15) is 45.4 Å². The summed E-state index contributed by atoms with van der Waals surface area (Å²) in [5.74, 6) is -12.2. The molecule has 0 heterocycles. The number of hydrogen-bond acceptors (Lipinski definition) is 6. The molecule has 0 aliphatic heterocycles. The highest BCUT2D eigenvalue weighted by Gasteiger charge is 2.72. The summed E-state index contributed by atoms with van der Waals surface area (Å²) in [6.45, 7) is 1.34. The van der Waals surface area contributed by atoms with Crippen LogP contribution in [-0.4, -0.2) is 92.8 Å². The van der Waals surface area contributed by atoms with Gasteiger partial charge in [0, 0.05) is 33.1 Å². The lowest BCUT2D eigenvalue weighted by molar-refractivity contribution is -0.355. The van der Waals surface area contributed by atoms with Gasteiger partial charge in [-0.1, -0.05) is 12.1 Å². The molecule has 0 saturated carbocycles. The van der Waals surface area contributed by atoms with Crippen LogP contribution in [0.5, 0.6) is 5.75 Å². The minimum absolute atomic E-state index is 0.0627. The second-order valence-electron chi connectivity index (χ2n) is 8.31. The third-order valence-electron chi connectivity index (χ3n) is 5.37. The second-order valence-corrected chi connectivity index (χ2v) is 8.31. The summed E-state index contributed by atoms with van der Waals surface area (Å²) in [6, 6.07) is 6.37. The van der Waals surface area contributed by atoms with Crippen LogP contribution >= 0.6 is 0 Å². The number of unbranched alkanes of at least 4 members (excludes halogenated alkanes) is 1. The van der Waals surface area contributed by atoms with Crippen molar-refractivity contribution in [2.45, 2.75) is 56.7 Å². The molecule has 1 unspecified atom stereocenters. The Kier molecular flexibility index (Phi) is 13.8. The minimum atomic E-state index is -6.40. The molecule has 1 amide bonds. The highest BCUT2D eigenvalue weighted by atomic mass is 19.4. The highest BCUT2D eigenvalue weighted by molar-refractivity contribution is 5.72. The Morgan fingerprint density at radius 3 is 2.13 bits per heavy atom. The van der Waals surface area contributed by atoms with Crippen molar-refractivity contribution in [2.24, 2.45) is 0 Å². The molecule has 15 heteroatoms. The first kappa shape index (κ1) is 34.2. The van der Waals surface area contributed by atoms with E-state index in [1.807, 2.05) is 0 Å². The van der Waals surface area contributed by atoms with Crippen LogP contribution in [-0.2, 0) is 25.4 Å². The molecular weight excluding hydrogens is 547 g/mol. The highest BCUT2D eigenvalue weighted by Crippen LogP contribution is 2.48. The maximum Gasteiger partial charge on any atom is 0.459 e. The smallest absolute Gasteiger partial charge is 0.459 e. The molecule has 1 N–H and O–H groups in total. The van der Waals surface area contributed by atoms with E-state index in [1.165, 1.54) is 7.11 Å². The molecule has 0 saturated heterocycles. The van der Waals surface area contributed by atoms with Gasteiger partial charge in [0.05, 0.1) is 13.2 Å². The molecule has 0 aromatic heterocycles. The number of ether oxygens (including phenoxy) is 4. The fraction of sp³-hybridized carbons (Fsp3) is 0.667. The SMILES string of the molecule is CCOC(Cc1ccc(OCCN(CCCCC(F)(F)C(F)(F)C(F)(F)F)C(=O)OCCOC)cc1)C(=O)O. The third kappa shape index (κ3) is 11.1. The summed E-state index contributed by atoms with van der Waals surface area (Å²) in [6.07, 6.45) is -10.9. The van der Waals surface area contributed by atoms with Crippen LogP contribution in [0.3, 0.4) is 0 Å². The summed E-state index contributed by atoms with van der Waals surface area (Å²) < 4.78 is 110. The Morgan fingerprint density at radius 1 is 0.949 bits per heavy atom. The van der Waals surface area contributed by atoms with Gasteiger partial charge in [0.2, 0.25) is 0 Å². The first-order valence-corrected chi connectivity index (χ1v) is 12.0. The maximum atomic E-state index is 13.5. The summed E-state index contributed by atoms with van der Waals surface area (Å²) >= 11 is 0. The van der Waals surface area contributed by atoms with Crippen LogP contribution in [0.1, 0.15) is 31.7 Å². The average molecular weight is 580 g/mol. The van der Waals surface area contributed by atoms with Gasteiger partial charge in [0.15, 0.2) is 6.10 Å². The molecule has 39 heavy (non-hydrogen) atoms. The van der Waals surface area contributed by atoms with Crippen molar-refractivity contribution in [3.63, 3.8) is 0 Å². The molecular formula is C24H32F7NO7. The van der Waals surface area contributed by atoms with Crippen LogP contribution < -0.4 is 4.74 Å². The third-order valence-corrected chi connectivity index (χ3v) is 5.37. The van der Waals surface area contributed by atoms with Gasteiger partial charge in [0.1, 0.15) is 19.0 Å². The molecule has 0 aliphatic rings. The average Bonchev–Trinajstić information content (AvgIpc) is 2.85. The fourth-order valence-corrected chi connectivity index (χ4v) is 3.24. The summed E-state index contributed by atoms with van der Waals surface area (Å²) in [5.41, 5.74) is 0.666. The van der Waals surface area contributed by atoms with Crippen LogP contribution in [0.15, 0.2) is 24.3 Å². The van der Waals surface area contributed by atoms with Crippen molar-refractivity contribution in [1.29, 1.82) is 0 Å². The molecule has 1 atom stereocenters. The van der Waals surface area contributed by atoms with E-state index in [1.54, 1.807) is 31.2 Å². The number of carboxylic acid groups (broad SMARTS) is 1. The quantitative estimate of drug-likeness (QED) is 0.189. The Morgan fingerprint density at radius 2 is 1.59 bits per heavy atom. The number of carbonyl (C=O) groups excluding carboxylic acids is 1. The molecule has 224 valence electrons. The van der Waals surface area contributed by atoms with Crippen molar-refractivity contribution in [3.05, 3.63) is 29.8 Å². The van der Waals surface area contributed by atoms with Gasteiger partial charge in [-0.25, -0.2) is 9.59 Å². The Hall–Kier alpha value is -2.81. The number of amides is 1. The Bertz CT molecular complexity index is 883. The normalized spacial score (nSPS) is 13.2. The van der Waals surface area contributed by atoms with E-state index in [0.717, 1.165) is 4.90 Å². The van der Waals surface area contributed by atoms with Crippen LogP contribution in [0, 0.1) is 0 Å². The van der Waals surface area contributed by atoms with E-state index in [4.69, 9.17) is 18.9 Å². The largest absolute Gasteiger partial charge is 0.492 e. The first-order valence-electron chi connectivity index (χ1n) is 12.0. The molecule has 0 radical (unpaired) electrons. The van der Waals surface area contributed by atoms with E-state index >= 15 is 0 Å². The predicted octanol–water partition coefficient (Wildman–Crippen LogP) is 5.19. The fourth-order valence-electron chi connectivity index (χ4n) is 3.24. The molecule has 1 aromatic rings. The number of carboxylic acids is 1. The zero-order valence-corrected chi connectivity index (χ0v) is 21.4. The summed E-state index contributed by atoms with van der Waals surface area (Å²) in [4.78, 5) is 24.6. The van der Waals surface area contributed by atoms with E-state index in [2.05, 4.69) is 0 Å². The summed E-state index contributed by atoms with van der Waals surface area (Å²) in [7, 11) is 1.36. The lowest BCUT2D eigenvalue weighted by atomic mass is 10.0. The van der Waals surface area contributed by atoms with Crippen molar-refractivity contribution >= 4 is 12.1 Å². The standard InChI is InChI=1S/C24H32F7NO7/c1-3-37-19(20(33)34)16-17-6-8-18(9-7-17)38-13-12-32(21(35)39-15-14-36-2)11-5-4-10-22(25,26)23(27,28)24(29,30)31/h6-9,19H,3-5,10-16H2,1-2H3,(H,33,34). The lowest BCUT2D eigenvalue weighted by Gasteiger charge is -2.28. The minimum Gasteiger partial charge on any atom is -0.492 e. The summed E-state index contributed by atoms with van der Waals surface area (Å²) in [5, 5.41) is 9.17. The number of rotatable bonds is 18. The van der Waals surface area contributed by atoms with Gasteiger partial charge in [-0.15, -0.1) is 0 Å². The number of hydrogen-bond donors (Lipinski definition) is 1. The van der Waals surface area contributed by atoms with Crippen molar-refractivity contribution in [2.75, 3.05) is 46.6 Å². The number of nitrogens with zero attached hydrogens (tertiary/aromatic N) is 1. The van der Waals surface area contributed by atoms with E-state index in [-0.39, 0.29) is 52.4 Å². The van der Waals surface area contributed by atoms with Crippen molar-refractivity contribution in [3.8, 4) is 5.75 Å². The van der Waals surface area contributed by atoms with Gasteiger partial charge in [-0.2, -0.15) is 30.7 Å². The maximum absolute atomic E-state index is 13.5. The van der Waals surface area contributed by atoms with Crippen LogP contribution in [0.4, 0.5) is 35.5 Å². The molecule has 1 aromatic carbocycles. The van der Waals surface area contributed by atoms with Crippen molar-refractivity contribution in [1.82, 2.24) is 4.90 Å². The molecule has 8 nitrogen and oxygen atoms in total. The van der Waals surface area contributed by atoms with E-state index < -0.39 is 49.0 Å². The van der Waals surface area contributed by atoms with Gasteiger partial charge in [-0.05, 0) is 37.5 Å². The van der Waals surface area contributed by atoms with Gasteiger partial charge in [-0.3, -0.25) is 0 Å². The van der Waals surface area contributed by atoms with Gasteiger partial charge >= 0.3 is 30.1 Å². The number of carbonyl (C=O) groups is 2. The molecule has 0 spiro atoms. The monoisotopic (exact) mass is 579 g/mol. The Balaban J connectivity index is 2.68. The van der Waals surface area contributed by atoms with Crippen LogP contribution in [0.2, 0.25) is 0 Å². The van der Waals surface area contributed by atoms with Crippen LogP contribution in [0.25, 0.3) is 0 Å².